The summed E-state index contributed by atoms with van der Waals surface area (Å²) in [4.78, 5) is 4.70. The first-order valence-corrected chi connectivity index (χ1v) is 9.26. The van der Waals surface area contributed by atoms with Crippen LogP contribution < -0.4 is 5.32 Å². The van der Waals surface area contributed by atoms with Crippen molar-refractivity contribution in [2.24, 2.45) is 0 Å². The summed E-state index contributed by atoms with van der Waals surface area (Å²) < 4.78 is 2.40. The fraction of sp³-hybridized carbons (Fsp3) is 0.812. The van der Waals surface area contributed by atoms with Gasteiger partial charge in [0, 0.05) is 18.3 Å². The molecule has 1 unspecified atom stereocenters. The highest BCUT2D eigenvalue weighted by molar-refractivity contribution is 7.99. The molecule has 114 valence electrons. The summed E-state index contributed by atoms with van der Waals surface area (Å²) in [6.45, 7) is 6.59. The molecule has 0 saturated heterocycles. The molecule has 0 spiro atoms. The van der Waals surface area contributed by atoms with Crippen LogP contribution in [0.25, 0.3) is 0 Å². The van der Waals surface area contributed by atoms with Gasteiger partial charge in [-0.05, 0) is 44.6 Å². The quantitative estimate of drug-likeness (QED) is 0.743. The van der Waals surface area contributed by atoms with E-state index in [0.717, 1.165) is 11.6 Å². The molecule has 1 aromatic rings. The van der Waals surface area contributed by atoms with Crippen LogP contribution >= 0.6 is 11.8 Å². The van der Waals surface area contributed by atoms with Crippen molar-refractivity contribution in [1.29, 1.82) is 0 Å². The first-order chi connectivity index (χ1) is 9.70. The minimum Gasteiger partial charge on any atom is -0.353 e. The van der Waals surface area contributed by atoms with Gasteiger partial charge in [0.1, 0.15) is 0 Å². The van der Waals surface area contributed by atoms with Crippen LogP contribution in [0.1, 0.15) is 64.1 Å². The maximum absolute atomic E-state index is 4.70. The van der Waals surface area contributed by atoms with E-state index in [4.69, 9.17) is 4.98 Å². The largest absolute Gasteiger partial charge is 0.353 e. The van der Waals surface area contributed by atoms with Gasteiger partial charge in [0.2, 0.25) is 5.95 Å². The fourth-order valence-corrected chi connectivity index (χ4v) is 3.77. The van der Waals surface area contributed by atoms with E-state index in [2.05, 4.69) is 36.9 Å². The smallest absolute Gasteiger partial charge is 0.203 e. The van der Waals surface area contributed by atoms with Crippen LogP contribution in [0.2, 0.25) is 0 Å². The zero-order valence-electron chi connectivity index (χ0n) is 13.2. The molecule has 1 aromatic heterocycles. The fourth-order valence-electron chi connectivity index (χ4n) is 2.96. The minimum atomic E-state index is 0.498. The zero-order chi connectivity index (χ0) is 14.4. The number of nitrogens with zero attached hydrogens (tertiary/aromatic N) is 2. The van der Waals surface area contributed by atoms with Gasteiger partial charge in [-0.2, -0.15) is 11.8 Å². The van der Waals surface area contributed by atoms with E-state index in [1.54, 1.807) is 0 Å². The summed E-state index contributed by atoms with van der Waals surface area (Å²) in [6, 6.07) is 1.16. The zero-order valence-corrected chi connectivity index (χ0v) is 14.0. The highest BCUT2D eigenvalue weighted by atomic mass is 32.2. The molecule has 1 fully saturated rings. The Labute approximate surface area is 127 Å². The molecule has 2 rings (SSSR count). The van der Waals surface area contributed by atoms with Gasteiger partial charge >= 0.3 is 0 Å². The standard InChI is InChI=1S/C16H29N3S/c1-4-20-11-10-13(2)17-16-18-14(3)12-19(16)15-8-6-5-7-9-15/h12-13,15H,4-11H2,1-3H3,(H,17,18). The summed E-state index contributed by atoms with van der Waals surface area (Å²) in [5, 5.41) is 3.63. The third-order valence-electron chi connectivity index (χ3n) is 4.10. The summed E-state index contributed by atoms with van der Waals surface area (Å²) in [5.74, 6) is 3.53. The summed E-state index contributed by atoms with van der Waals surface area (Å²) in [5.41, 5.74) is 1.13. The number of thioether (sulfide) groups is 1. The molecule has 0 aromatic carbocycles. The Hall–Kier alpha value is -0.640. The van der Waals surface area contributed by atoms with Gasteiger partial charge in [0.25, 0.3) is 0 Å². The maximum Gasteiger partial charge on any atom is 0.203 e. The molecule has 1 saturated carbocycles. The SMILES string of the molecule is CCSCCC(C)Nc1nc(C)cn1C1CCCCC1. The monoisotopic (exact) mass is 295 g/mol. The maximum atomic E-state index is 4.70. The molecule has 0 amide bonds. The lowest BCUT2D eigenvalue weighted by molar-refractivity contribution is 0.355. The Balaban J connectivity index is 1.96. The number of hydrogen-bond acceptors (Lipinski definition) is 3. The molecule has 0 bridgehead atoms. The first kappa shape index (κ1) is 15.7. The molecule has 0 aliphatic heterocycles. The van der Waals surface area contributed by atoms with Crippen LogP contribution in [0.3, 0.4) is 0 Å². The van der Waals surface area contributed by atoms with Crippen molar-refractivity contribution in [3.8, 4) is 0 Å². The number of imidazole rings is 1. The second-order valence-corrected chi connectivity index (χ2v) is 7.33. The first-order valence-electron chi connectivity index (χ1n) is 8.10. The van der Waals surface area contributed by atoms with E-state index in [1.165, 1.54) is 50.0 Å². The molecule has 1 heterocycles. The second-order valence-electron chi connectivity index (χ2n) is 5.94. The molecular formula is C16H29N3S. The topological polar surface area (TPSA) is 29.9 Å². The number of aryl methyl sites for hydroxylation is 1. The third-order valence-corrected chi connectivity index (χ3v) is 5.03. The van der Waals surface area contributed by atoms with E-state index in [9.17, 15) is 0 Å². The van der Waals surface area contributed by atoms with Gasteiger partial charge in [-0.25, -0.2) is 4.98 Å². The Kier molecular flexibility index (Phi) is 6.27. The van der Waals surface area contributed by atoms with Crippen LogP contribution in [-0.4, -0.2) is 27.1 Å². The molecule has 0 radical (unpaired) electrons. The van der Waals surface area contributed by atoms with Crippen LogP contribution in [0.4, 0.5) is 5.95 Å². The number of aromatic nitrogens is 2. The molecule has 1 atom stereocenters. The molecule has 1 N–H and O–H groups in total. The van der Waals surface area contributed by atoms with E-state index >= 15 is 0 Å². The van der Waals surface area contributed by atoms with E-state index in [1.807, 2.05) is 11.8 Å². The van der Waals surface area contributed by atoms with Crippen molar-refractivity contribution < 1.29 is 0 Å². The van der Waals surface area contributed by atoms with Crippen molar-refractivity contribution in [2.45, 2.75) is 71.4 Å². The van der Waals surface area contributed by atoms with Crippen molar-refractivity contribution in [1.82, 2.24) is 9.55 Å². The predicted octanol–water partition coefficient (Wildman–Crippen LogP) is 4.64. The predicted molar refractivity (Wildman–Crippen MR) is 89.8 cm³/mol. The molecule has 20 heavy (non-hydrogen) atoms. The minimum absolute atomic E-state index is 0.498. The van der Waals surface area contributed by atoms with Gasteiger partial charge in [-0.3, -0.25) is 0 Å². The van der Waals surface area contributed by atoms with Crippen LogP contribution in [0.15, 0.2) is 6.20 Å². The molecule has 1 aliphatic rings. The van der Waals surface area contributed by atoms with Gasteiger partial charge in [0.15, 0.2) is 0 Å². The van der Waals surface area contributed by atoms with Crippen LogP contribution in [0, 0.1) is 6.92 Å². The van der Waals surface area contributed by atoms with Gasteiger partial charge in [-0.1, -0.05) is 26.2 Å². The van der Waals surface area contributed by atoms with Gasteiger partial charge in [0.05, 0.1) is 5.69 Å². The van der Waals surface area contributed by atoms with Crippen LogP contribution in [-0.2, 0) is 0 Å². The number of anilines is 1. The van der Waals surface area contributed by atoms with E-state index < -0.39 is 0 Å². The van der Waals surface area contributed by atoms with Gasteiger partial charge < -0.3 is 9.88 Å². The Bertz CT molecular complexity index is 396. The van der Waals surface area contributed by atoms with Crippen molar-refractivity contribution >= 4 is 17.7 Å². The van der Waals surface area contributed by atoms with Crippen molar-refractivity contribution in [3.05, 3.63) is 11.9 Å². The van der Waals surface area contributed by atoms with Crippen molar-refractivity contribution in [3.63, 3.8) is 0 Å². The summed E-state index contributed by atoms with van der Waals surface area (Å²) in [7, 11) is 0. The Morgan fingerprint density at radius 3 is 2.85 bits per heavy atom. The molecule has 3 nitrogen and oxygen atoms in total. The van der Waals surface area contributed by atoms with Crippen LogP contribution in [0.5, 0.6) is 0 Å². The molecule has 4 heteroatoms. The van der Waals surface area contributed by atoms with E-state index in [0.29, 0.717) is 12.1 Å². The normalized spacial score (nSPS) is 18.1. The average molecular weight is 295 g/mol. The third kappa shape index (κ3) is 4.44. The number of rotatable bonds is 7. The highest BCUT2D eigenvalue weighted by Gasteiger charge is 2.19. The van der Waals surface area contributed by atoms with Crippen molar-refractivity contribution in [2.75, 3.05) is 16.8 Å². The lowest BCUT2D eigenvalue weighted by Crippen LogP contribution is -2.21. The Morgan fingerprint density at radius 1 is 1.40 bits per heavy atom. The average Bonchev–Trinajstić information content (AvgIpc) is 2.81. The summed E-state index contributed by atoms with van der Waals surface area (Å²) in [6.07, 6.45) is 10.2. The molecule has 1 aliphatic carbocycles. The lowest BCUT2D eigenvalue weighted by atomic mass is 9.95. The summed E-state index contributed by atoms with van der Waals surface area (Å²) >= 11 is 2.02. The number of nitrogens with one attached hydrogen (secondary N) is 1. The van der Waals surface area contributed by atoms with E-state index in [-0.39, 0.29) is 0 Å². The highest BCUT2D eigenvalue weighted by Crippen LogP contribution is 2.31. The molecular weight excluding hydrogens is 266 g/mol. The van der Waals surface area contributed by atoms with Gasteiger partial charge in [-0.15, -0.1) is 0 Å². The lowest BCUT2D eigenvalue weighted by Gasteiger charge is -2.25. The second kappa shape index (κ2) is 7.96. The number of hydrogen-bond donors (Lipinski definition) is 1. The Morgan fingerprint density at radius 2 is 2.15 bits per heavy atom.